The van der Waals surface area contributed by atoms with Crippen molar-refractivity contribution in [3.05, 3.63) is 29.2 Å². The fourth-order valence-corrected chi connectivity index (χ4v) is 0.901. The van der Waals surface area contributed by atoms with Gasteiger partial charge in [-0.1, -0.05) is 12.1 Å². The number of aliphatic hydroxyl groups is 1. The van der Waals surface area contributed by atoms with Gasteiger partial charge in [0.25, 0.3) is 0 Å². The SMILES string of the molecule is N#[N+]c1ccccc1NCCO.[Cl-].[Zn]. The summed E-state index contributed by atoms with van der Waals surface area (Å²) in [6.45, 7) is 0.506. The zero-order valence-corrected chi connectivity index (χ0v) is 11.4. The van der Waals surface area contributed by atoms with Crippen molar-refractivity contribution < 1.29 is 37.0 Å². The summed E-state index contributed by atoms with van der Waals surface area (Å²) in [5.41, 5.74) is 1.19. The zero-order chi connectivity index (χ0) is 8.81. The predicted molar refractivity (Wildman–Crippen MR) is 46.8 cm³/mol. The van der Waals surface area contributed by atoms with Gasteiger partial charge in [0, 0.05) is 32.1 Å². The van der Waals surface area contributed by atoms with Gasteiger partial charge < -0.3 is 22.8 Å². The van der Waals surface area contributed by atoms with Crippen LogP contribution in [0.4, 0.5) is 11.4 Å². The third kappa shape index (κ3) is 4.52. The van der Waals surface area contributed by atoms with E-state index in [2.05, 4.69) is 10.3 Å². The summed E-state index contributed by atoms with van der Waals surface area (Å²) >= 11 is 0. The summed E-state index contributed by atoms with van der Waals surface area (Å²) < 4.78 is 0. The normalized spacial score (nSPS) is 7.71. The van der Waals surface area contributed by atoms with Crippen LogP contribution >= 0.6 is 0 Å². The maximum absolute atomic E-state index is 8.54. The molecule has 0 aliphatic rings. The molecule has 14 heavy (non-hydrogen) atoms. The van der Waals surface area contributed by atoms with Gasteiger partial charge in [0.15, 0.2) is 4.98 Å². The second-order valence-corrected chi connectivity index (χ2v) is 2.27. The number of halogens is 1. The Bertz CT molecular complexity index is 303. The van der Waals surface area contributed by atoms with Gasteiger partial charge in [-0.05, 0) is 6.07 Å². The van der Waals surface area contributed by atoms with Crippen LogP contribution in [0.1, 0.15) is 0 Å². The summed E-state index contributed by atoms with van der Waals surface area (Å²) in [4.78, 5) is 3.08. The third-order valence-corrected chi connectivity index (χ3v) is 1.44. The van der Waals surface area contributed by atoms with Crippen LogP contribution in [0, 0.1) is 5.39 Å². The van der Waals surface area contributed by atoms with Gasteiger partial charge in [0.1, 0.15) is 5.69 Å². The summed E-state index contributed by atoms with van der Waals surface area (Å²) in [5, 5.41) is 20.0. The molecule has 0 bridgehead atoms. The van der Waals surface area contributed by atoms with Crippen LogP contribution in [-0.2, 0) is 19.5 Å². The molecule has 72 valence electrons. The molecule has 2 N–H and O–H groups in total. The number of diazo groups is 1. The van der Waals surface area contributed by atoms with Crippen molar-refractivity contribution in [2.24, 2.45) is 0 Å². The first kappa shape index (κ1) is 15.8. The summed E-state index contributed by atoms with van der Waals surface area (Å²) in [5.74, 6) is 0. The summed E-state index contributed by atoms with van der Waals surface area (Å²) in [6, 6.07) is 7.07. The molecule has 1 aromatic carbocycles. The molecule has 0 atom stereocenters. The molecule has 0 aliphatic heterocycles. The molecule has 0 aromatic heterocycles. The maximum Gasteiger partial charge on any atom is 0.407 e. The largest absolute Gasteiger partial charge is 1.00 e. The van der Waals surface area contributed by atoms with Crippen LogP contribution in [0.15, 0.2) is 24.3 Å². The summed E-state index contributed by atoms with van der Waals surface area (Å²) in [6.07, 6.45) is 0. The molecule has 0 aliphatic carbocycles. The molecule has 4 nitrogen and oxygen atoms in total. The van der Waals surface area contributed by atoms with Gasteiger partial charge in [0.05, 0.1) is 6.61 Å². The molecular formula is C8H10ClN3OZn. The molecule has 0 spiro atoms. The quantitative estimate of drug-likeness (QED) is 0.520. The number of nitrogens with one attached hydrogen (secondary N) is 1. The van der Waals surface area contributed by atoms with Crippen LogP contribution < -0.4 is 17.7 Å². The van der Waals surface area contributed by atoms with Gasteiger partial charge in [-0.3, -0.25) is 0 Å². The molecule has 1 rings (SSSR count). The average Bonchev–Trinajstić information content (AvgIpc) is 2.15. The molecule has 0 radical (unpaired) electrons. The van der Waals surface area contributed by atoms with Crippen LogP contribution in [0.3, 0.4) is 0 Å². The topological polar surface area (TPSA) is 60.4 Å². The van der Waals surface area contributed by atoms with E-state index in [1.54, 1.807) is 18.2 Å². The van der Waals surface area contributed by atoms with E-state index in [1.165, 1.54) is 0 Å². The number of hydrogen-bond acceptors (Lipinski definition) is 3. The average molecular weight is 265 g/mol. The first-order valence-corrected chi connectivity index (χ1v) is 3.67. The molecule has 0 unspecified atom stereocenters. The Morgan fingerprint density at radius 3 is 2.57 bits per heavy atom. The van der Waals surface area contributed by atoms with Crippen molar-refractivity contribution in [2.75, 3.05) is 18.5 Å². The minimum Gasteiger partial charge on any atom is -1.00 e. The summed E-state index contributed by atoms with van der Waals surface area (Å²) in [7, 11) is 0. The van der Waals surface area contributed by atoms with E-state index in [0.717, 1.165) is 0 Å². The van der Waals surface area contributed by atoms with E-state index in [4.69, 9.17) is 10.5 Å². The number of anilines is 1. The fourth-order valence-electron chi connectivity index (χ4n) is 0.901. The van der Waals surface area contributed by atoms with Gasteiger partial charge in [-0.2, -0.15) is 0 Å². The van der Waals surface area contributed by atoms with Crippen LogP contribution in [0.5, 0.6) is 0 Å². The number of para-hydroxylation sites is 1. The van der Waals surface area contributed by atoms with Crippen LogP contribution in [0.25, 0.3) is 4.98 Å². The van der Waals surface area contributed by atoms with Crippen molar-refractivity contribution in [1.82, 2.24) is 0 Å². The first-order valence-electron chi connectivity index (χ1n) is 3.67. The van der Waals surface area contributed by atoms with Crippen LogP contribution in [0.2, 0.25) is 0 Å². The molecule has 1 aromatic rings. The van der Waals surface area contributed by atoms with E-state index in [0.29, 0.717) is 17.9 Å². The predicted octanol–water partition coefficient (Wildman–Crippen LogP) is -1.42. The second kappa shape index (κ2) is 8.89. The monoisotopic (exact) mass is 263 g/mol. The third-order valence-electron chi connectivity index (χ3n) is 1.44. The van der Waals surface area contributed by atoms with Gasteiger partial charge in [-0.25, -0.2) is 0 Å². The Balaban J connectivity index is 0. The van der Waals surface area contributed by atoms with Gasteiger partial charge in [0.2, 0.25) is 5.39 Å². The molecule has 0 fully saturated rings. The van der Waals surface area contributed by atoms with Gasteiger partial charge in [-0.15, -0.1) is 0 Å². The van der Waals surface area contributed by atoms with Crippen molar-refractivity contribution >= 4 is 11.4 Å². The maximum atomic E-state index is 8.54. The fraction of sp³-hybridized carbons (Fsp3) is 0.250. The Labute approximate surface area is 102 Å². The Hall–Kier alpha value is -0.687. The van der Waals surface area contributed by atoms with Crippen molar-refractivity contribution in [3.63, 3.8) is 0 Å². The Kier molecular flexibility index (Phi) is 10.0. The first-order chi connectivity index (χ1) is 5.88. The Morgan fingerprint density at radius 1 is 1.36 bits per heavy atom. The number of benzene rings is 1. The molecule has 0 heterocycles. The van der Waals surface area contributed by atoms with Crippen molar-refractivity contribution in [1.29, 1.82) is 5.39 Å². The minimum absolute atomic E-state index is 0. The Morgan fingerprint density at radius 2 is 2.00 bits per heavy atom. The van der Waals surface area contributed by atoms with Gasteiger partial charge >= 0.3 is 5.69 Å². The molecule has 0 amide bonds. The standard InChI is InChI=1S/C8H10N3O.ClH.Zn/c9-11-8-4-2-1-3-7(8)10-5-6-12;;/h1-4,10,12H,5-6H2;1H;/q+1;;/p-1. The van der Waals surface area contributed by atoms with E-state index in [9.17, 15) is 0 Å². The molecule has 0 saturated carbocycles. The number of hydrogen-bond donors (Lipinski definition) is 2. The minimum atomic E-state index is 0. The number of rotatable bonds is 3. The zero-order valence-electron chi connectivity index (χ0n) is 7.65. The van der Waals surface area contributed by atoms with E-state index >= 15 is 0 Å². The molecule has 0 saturated heterocycles. The number of aliphatic hydroxyl groups excluding tert-OH is 1. The van der Waals surface area contributed by atoms with E-state index in [1.807, 2.05) is 6.07 Å². The molecular weight excluding hydrogens is 255 g/mol. The number of nitrogens with zero attached hydrogens (tertiary/aromatic N) is 2. The van der Waals surface area contributed by atoms with Crippen molar-refractivity contribution in [3.8, 4) is 0 Å². The van der Waals surface area contributed by atoms with Crippen LogP contribution in [-0.4, -0.2) is 18.3 Å². The second-order valence-electron chi connectivity index (χ2n) is 2.27. The van der Waals surface area contributed by atoms with Crippen molar-refractivity contribution in [2.45, 2.75) is 0 Å². The molecule has 6 heteroatoms. The van der Waals surface area contributed by atoms with E-state index < -0.39 is 0 Å². The smallest absolute Gasteiger partial charge is 0.407 e. The van der Waals surface area contributed by atoms with E-state index in [-0.39, 0.29) is 38.5 Å².